The normalized spacial score (nSPS) is 16.0. The molecule has 0 rings (SSSR count). The highest BCUT2D eigenvalue weighted by atomic mass is 35.5. The van der Waals surface area contributed by atoms with Crippen LogP contribution in [-0.4, -0.2) is 36.9 Å². The average molecular weight is 191 g/mol. The first kappa shape index (κ1) is 11.7. The maximum Gasteiger partial charge on any atom is 0.247 e. The van der Waals surface area contributed by atoms with Crippen molar-refractivity contribution in [2.45, 2.75) is 19.9 Å². The zero-order valence-electron chi connectivity index (χ0n) is 8.39. The second-order valence-corrected chi connectivity index (χ2v) is 4.32. The predicted octanol–water partition coefficient (Wildman–Crippen LogP) is 1.79. The molecule has 0 bridgehead atoms. The summed E-state index contributed by atoms with van der Waals surface area (Å²) in [5.74, 6) is 0. The Morgan fingerprint density at radius 1 is 1.42 bits per heavy atom. The van der Waals surface area contributed by atoms with E-state index in [1.807, 2.05) is 6.08 Å². The quantitative estimate of drug-likeness (QED) is 0.377. The Hall–Kier alpha value is -0.340. The standard InChI is InChI=1S/C9H17ClNO/c1-7(9(10)12)6-8(2)11(3,4)5/h6,8H,1-5H3/q+1. The van der Waals surface area contributed by atoms with Crippen molar-refractivity contribution in [3.63, 3.8) is 0 Å². The van der Waals surface area contributed by atoms with Crippen molar-refractivity contribution in [1.82, 2.24) is 0 Å². The number of carbonyl (C=O) groups excluding carboxylic acids is 1. The molecular weight excluding hydrogens is 174 g/mol. The fourth-order valence-corrected chi connectivity index (χ4v) is 0.714. The van der Waals surface area contributed by atoms with Crippen molar-refractivity contribution in [2.75, 3.05) is 21.1 Å². The molecule has 0 fully saturated rings. The van der Waals surface area contributed by atoms with Gasteiger partial charge in [0.1, 0.15) is 6.04 Å². The minimum Gasteiger partial charge on any atom is -0.325 e. The van der Waals surface area contributed by atoms with Crippen molar-refractivity contribution in [1.29, 1.82) is 0 Å². The van der Waals surface area contributed by atoms with Gasteiger partial charge in [-0.2, -0.15) is 0 Å². The van der Waals surface area contributed by atoms with E-state index in [0.29, 0.717) is 11.6 Å². The molecule has 0 amide bonds. The van der Waals surface area contributed by atoms with Crippen LogP contribution >= 0.6 is 11.6 Å². The van der Waals surface area contributed by atoms with Crippen LogP contribution in [0.4, 0.5) is 0 Å². The fourth-order valence-electron chi connectivity index (χ4n) is 0.651. The molecule has 1 atom stereocenters. The number of hydrogen-bond acceptors (Lipinski definition) is 1. The number of quaternary nitrogens is 1. The van der Waals surface area contributed by atoms with Crippen LogP contribution in [0.15, 0.2) is 11.6 Å². The van der Waals surface area contributed by atoms with Crippen LogP contribution in [0.5, 0.6) is 0 Å². The van der Waals surface area contributed by atoms with E-state index in [0.717, 1.165) is 4.48 Å². The van der Waals surface area contributed by atoms with Crippen LogP contribution in [-0.2, 0) is 4.79 Å². The van der Waals surface area contributed by atoms with E-state index in [1.54, 1.807) is 6.92 Å². The molecule has 0 N–H and O–H groups in total. The predicted molar refractivity (Wildman–Crippen MR) is 52.1 cm³/mol. The number of carbonyl (C=O) groups is 1. The third kappa shape index (κ3) is 3.88. The molecule has 0 aliphatic carbocycles. The highest BCUT2D eigenvalue weighted by Crippen LogP contribution is 2.08. The van der Waals surface area contributed by atoms with Gasteiger partial charge in [0, 0.05) is 5.57 Å². The summed E-state index contributed by atoms with van der Waals surface area (Å²) in [5, 5.41) is -0.365. The maximum atomic E-state index is 10.7. The molecular formula is C9H17ClNO+. The number of likely N-dealkylation sites (N-methyl/N-ethyl adjacent to an activating group) is 1. The van der Waals surface area contributed by atoms with E-state index >= 15 is 0 Å². The van der Waals surface area contributed by atoms with Gasteiger partial charge < -0.3 is 4.48 Å². The summed E-state index contributed by atoms with van der Waals surface area (Å²) < 4.78 is 0.793. The Morgan fingerprint density at radius 2 is 1.83 bits per heavy atom. The van der Waals surface area contributed by atoms with Gasteiger partial charge in [0.25, 0.3) is 0 Å². The van der Waals surface area contributed by atoms with Gasteiger partial charge in [-0.3, -0.25) is 4.79 Å². The maximum absolute atomic E-state index is 10.7. The molecule has 0 aromatic rings. The van der Waals surface area contributed by atoms with Crippen molar-refractivity contribution in [3.05, 3.63) is 11.6 Å². The second-order valence-electron chi connectivity index (χ2n) is 3.98. The molecule has 2 nitrogen and oxygen atoms in total. The van der Waals surface area contributed by atoms with Gasteiger partial charge >= 0.3 is 0 Å². The number of nitrogens with zero attached hydrogens (tertiary/aromatic N) is 1. The lowest BCUT2D eigenvalue weighted by Gasteiger charge is -2.29. The van der Waals surface area contributed by atoms with Gasteiger partial charge in [-0.05, 0) is 31.5 Å². The van der Waals surface area contributed by atoms with Crippen LogP contribution < -0.4 is 0 Å². The van der Waals surface area contributed by atoms with E-state index in [9.17, 15) is 4.79 Å². The lowest BCUT2D eigenvalue weighted by atomic mass is 10.2. The summed E-state index contributed by atoms with van der Waals surface area (Å²) in [6.07, 6.45) is 1.90. The zero-order chi connectivity index (χ0) is 9.94. The Balaban J connectivity index is 4.44. The first-order chi connectivity index (χ1) is 5.25. The molecule has 0 saturated carbocycles. The third-order valence-electron chi connectivity index (χ3n) is 2.02. The van der Waals surface area contributed by atoms with Gasteiger partial charge in [-0.15, -0.1) is 0 Å². The molecule has 0 radical (unpaired) electrons. The molecule has 0 aliphatic heterocycles. The monoisotopic (exact) mass is 190 g/mol. The Labute approximate surface area is 79.4 Å². The minimum absolute atomic E-state index is 0.299. The summed E-state index contributed by atoms with van der Waals surface area (Å²) in [6.45, 7) is 3.80. The molecule has 70 valence electrons. The van der Waals surface area contributed by atoms with Crippen molar-refractivity contribution in [2.24, 2.45) is 0 Å². The van der Waals surface area contributed by atoms with Crippen LogP contribution in [0, 0.1) is 0 Å². The Kier molecular flexibility index (Phi) is 3.94. The molecule has 0 heterocycles. The highest BCUT2D eigenvalue weighted by Gasteiger charge is 2.16. The smallest absolute Gasteiger partial charge is 0.247 e. The SMILES string of the molecule is CC(=CC(C)[N+](C)(C)C)C(=O)Cl. The van der Waals surface area contributed by atoms with Crippen LogP contribution in [0.1, 0.15) is 13.8 Å². The molecule has 12 heavy (non-hydrogen) atoms. The van der Waals surface area contributed by atoms with Crippen molar-refractivity contribution < 1.29 is 9.28 Å². The second kappa shape index (κ2) is 4.06. The van der Waals surface area contributed by atoms with E-state index in [1.165, 1.54) is 0 Å². The van der Waals surface area contributed by atoms with Gasteiger partial charge in [-0.25, -0.2) is 0 Å². The lowest BCUT2D eigenvalue weighted by molar-refractivity contribution is -0.887. The van der Waals surface area contributed by atoms with Crippen LogP contribution in [0.3, 0.4) is 0 Å². The first-order valence-corrected chi connectivity index (χ1v) is 4.32. The van der Waals surface area contributed by atoms with Crippen molar-refractivity contribution >= 4 is 16.8 Å². The van der Waals surface area contributed by atoms with Crippen LogP contribution in [0.25, 0.3) is 0 Å². The summed E-state index contributed by atoms with van der Waals surface area (Å²) in [4.78, 5) is 10.7. The summed E-state index contributed by atoms with van der Waals surface area (Å²) >= 11 is 5.31. The number of allylic oxidation sites excluding steroid dienone is 1. The topological polar surface area (TPSA) is 17.1 Å². The van der Waals surface area contributed by atoms with E-state index < -0.39 is 0 Å². The summed E-state index contributed by atoms with van der Waals surface area (Å²) in [5.41, 5.74) is 0.622. The van der Waals surface area contributed by atoms with Gasteiger partial charge in [0.15, 0.2) is 0 Å². The van der Waals surface area contributed by atoms with E-state index in [2.05, 4.69) is 28.1 Å². The lowest BCUT2D eigenvalue weighted by Crippen LogP contribution is -2.42. The Morgan fingerprint density at radius 3 is 2.08 bits per heavy atom. The third-order valence-corrected chi connectivity index (χ3v) is 2.32. The summed E-state index contributed by atoms with van der Waals surface area (Å²) in [6, 6.07) is 0.299. The zero-order valence-corrected chi connectivity index (χ0v) is 9.14. The van der Waals surface area contributed by atoms with E-state index in [-0.39, 0.29) is 5.24 Å². The highest BCUT2D eigenvalue weighted by molar-refractivity contribution is 6.67. The molecule has 0 aliphatic rings. The molecule has 0 saturated heterocycles. The summed E-state index contributed by atoms with van der Waals surface area (Å²) in [7, 11) is 6.23. The fraction of sp³-hybridized carbons (Fsp3) is 0.667. The molecule has 3 heteroatoms. The van der Waals surface area contributed by atoms with Gasteiger partial charge in [0.05, 0.1) is 21.1 Å². The molecule has 1 unspecified atom stereocenters. The van der Waals surface area contributed by atoms with E-state index in [4.69, 9.17) is 11.6 Å². The van der Waals surface area contributed by atoms with Crippen LogP contribution in [0.2, 0.25) is 0 Å². The average Bonchev–Trinajstić information content (AvgIpc) is 1.85. The molecule has 0 aromatic carbocycles. The number of hydrogen-bond donors (Lipinski definition) is 0. The molecule has 0 spiro atoms. The number of halogens is 1. The minimum atomic E-state index is -0.365. The largest absolute Gasteiger partial charge is 0.325 e. The van der Waals surface area contributed by atoms with Crippen molar-refractivity contribution in [3.8, 4) is 0 Å². The first-order valence-electron chi connectivity index (χ1n) is 3.94. The number of rotatable bonds is 3. The van der Waals surface area contributed by atoms with Gasteiger partial charge in [0.2, 0.25) is 5.24 Å². The Bertz CT molecular complexity index is 203. The molecule has 0 aromatic heterocycles. The van der Waals surface area contributed by atoms with Gasteiger partial charge in [-0.1, -0.05) is 0 Å².